The summed E-state index contributed by atoms with van der Waals surface area (Å²) in [4.78, 5) is 28.9. The molecule has 0 spiro atoms. The Balaban J connectivity index is 2.03. The van der Waals surface area contributed by atoms with Gasteiger partial charge in [-0.3, -0.25) is 13.9 Å². The Kier molecular flexibility index (Phi) is 11.1. The highest BCUT2D eigenvalue weighted by molar-refractivity contribution is 7.92. The van der Waals surface area contributed by atoms with Crippen molar-refractivity contribution in [2.24, 2.45) is 0 Å². The molecule has 8 nitrogen and oxygen atoms in total. The van der Waals surface area contributed by atoms with Crippen LogP contribution in [0.3, 0.4) is 0 Å². The van der Waals surface area contributed by atoms with E-state index in [1.54, 1.807) is 55.6 Å². The summed E-state index contributed by atoms with van der Waals surface area (Å²) < 4.78 is 34.2. The number of anilines is 1. The predicted octanol–water partition coefficient (Wildman–Crippen LogP) is 4.92. The van der Waals surface area contributed by atoms with E-state index in [9.17, 15) is 18.0 Å². The largest absolute Gasteiger partial charge is 0.497 e. The fourth-order valence-corrected chi connectivity index (χ4v) is 5.85. The molecule has 0 unspecified atom stereocenters. The number of nitrogens with zero attached hydrogens (tertiary/aromatic N) is 2. The lowest BCUT2D eigenvalue weighted by atomic mass is 10.1. The number of ether oxygens (including phenoxy) is 1. The average Bonchev–Trinajstić information content (AvgIpc) is 2.96. The van der Waals surface area contributed by atoms with Gasteiger partial charge in [0.1, 0.15) is 18.3 Å². The molecular weight excluding hydrogens is 526 g/mol. The molecule has 3 rings (SSSR count). The summed E-state index contributed by atoms with van der Waals surface area (Å²) in [7, 11) is -2.53. The van der Waals surface area contributed by atoms with E-state index in [-0.39, 0.29) is 17.3 Å². The second-order valence-corrected chi connectivity index (χ2v) is 11.5. The number of unbranched alkanes of at least 4 members (excludes halogenated alkanes) is 1. The first kappa shape index (κ1) is 30.7. The quantitative estimate of drug-likeness (QED) is 0.280. The van der Waals surface area contributed by atoms with Gasteiger partial charge in [-0.25, -0.2) is 8.42 Å². The molecule has 214 valence electrons. The number of aryl methyl sites for hydroxylation is 1. The minimum atomic E-state index is -4.09. The summed E-state index contributed by atoms with van der Waals surface area (Å²) in [6.07, 6.45) is 2.11. The van der Waals surface area contributed by atoms with Gasteiger partial charge in [0.25, 0.3) is 10.0 Å². The first-order valence-corrected chi connectivity index (χ1v) is 15.0. The Morgan fingerprint density at radius 2 is 1.68 bits per heavy atom. The van der Waals surface area contributed by atoms with Gasteiger partial charge >= 0.3 is 0 Å². The molecule has 1 N–H and O–H groups in total. The molecule has 0 bridgehead atoms. The summed E-state index contributed by atoms with van der Waals surface area (Å²) in [6.45, 7) is 5.89. The van der Waals surface area contributed by atoms with Crippen LogP contribution < -0.4 is 14.4 Å². The number of sulfonamides is 1. The molecule has 0 saturated heterocycles. The van der Waals surface area contributed by atoms with Gasteiger partial charge in [-0.05, 0) is 67.3 Å². The van der Waals surface area contributed by atoms with Crippen molar-refractivity contribution in [1.82, 2.24) is 10.2 Å². The Labute approximate surface area is 238 Å². The summed E-state index contributed by atoms with van der Waals surface area (Å²) in [5.74, 6) is -0.125. The number of amides is 2. The summed E-state index contributed by atoms with van der Waals surface area (Å²) >= 11 is 0. The van der Waals surface area contributed by atoms with Crippen LogP contribution in [0.5, 0.6) is 5.75 Å². The van der Waals surface area contributed by atoms with Gasteiger partial charge in [-0.2, -0.15) is 0 Å². The van der Waals surface area contributed by atoms with Crippen LogP contribution in [0.1, 0.15) is 44.2 Å². The molecule has 0 fully saturated rings. The van der Waals surface area contributed by atoms with Crippen molar-refractivity contribution < 1.29 is 22.7 Å². The third kappa shape index (κ3) is 7.85. The van der Waals surface area contributed by atoms with Crippen molar-refractivity contribution in [2.45, 2.75) is 57.5 Å². The number of carbonyl (C=O) groups is 2. The minimum Gasteiger partial charge on any atom is -0.497 e. The van der Waals surface area contributed by atoms with Crippen LogP contribution in [-0.4, -0.2) is 51.4 Å². The molecular formula is C31H39N3O5S. The van der Waals surface area contributed by atoms with Gasteiger partial charge in [0.2, 0.25) is 11.8 Å². The highest BCUT2D eigenvalue weighted by atomic mass is 32.2. The number of nitrogens with one attached hydrogen (secondary N) is 1. The number of hydrogen-bond acceptors (Lipinski definition) is 5. The highest BCUT2D eigenvalue weighted by Crippen LogP contribution is 2.26. The molecule has 9 heteroatoms. The molecule has 0 heterocycles. The second-order valence-electron chi connectivity index (χ2n) is 9.61. The molecule has 0 aliphatic heterocycles. The van der Waals surface area contributed by atoms with Gasteiger partial charge in [-0.1, -0.05) is 62.7 Å². The van der Waals surface area contributed by atoms with Crippen molar-refractivity contribution in [2.75, 3.05) is 24.5 Å². The van der Waals surface area contributed by atoms with E-state index < -0.39 is 28.5 Å². The molecule has 40 heavy (non-hydrogen) atoms. The molecule has 3 aromatic rings. The zero-order valence-electron chi connectivity index (χ0n) is 23.7. The zero-order valence-corrected chi connectivity index (χ0v) is 24.5. The van der Waals surface area contributed by atoms with E-state index in [2.05, 4.69) is 5.32 Å². The smallest absolute Gasteiger partial charge is 0.264 e. The number of methoxy groups -OCH3 is 1. The van der Waals surface area contributed by atoms with Gasteiger partial charge in [0.05, 0.1) is 17.7 Å². The van der Waals surface area contributed by atoms with Crippen molar-refractivity contribution >= 4 is 27.5 Å². The maximum absolute atomic E-state index is 14.1. The summed E-state index contributed by atoms with van der Waals surface area (Å²) in [5, 5.41) is 2.94. The molecule has 0 aliphatic carbocycles. The Morgan fingerprint density at radius 1 is 0.950 bits per heavy atom. The molecule has 3 aromatic carbocycles. The van der Waals surface area contributed by atoms with Crippen molar-refractivity contribution in [3.63, 3.8) is 0 Å². The maximum atomic E-state index is 14.1. The van der Waals surface area contributed by atoms with Crippen molar-refractivity contribution in [1.29, 1.82) is 0 Å². The van der Waals surface area contributed by atoms with Crippen LogP contribution in [0.15, 0.2) is 83.8 Å². The number of benzene rings is 3. The van der Waals surface area contributed by atoms with Crippen molar-refractivity contribution in [3.05, 3.63) is 90.0 Å². The summed E-state index contributed by atoms with van der Waals surface area (Å²) in [5.41, 5.74) is 1.99. The fourth-order valence-electron chi connectivity index (χ4n) is 4.42. The van der Waals surface area contributed by atoms with Crippen LogP contribution in [-0.2, 0) is 26.2 Å². The van der Waals surface area contributed by atoms with Gasteiger partial charge in [0.15, 0.2) is 0 Å². The molecule has 0 aliphatic rings. The third-order valence-electron chi connectivity index (χ3n) is 6.60. The lowest BCUT2D eigenvalue weighted by molar-refractivity contribution is -0.140. The SMILES string of the molecule is CCCCNC(=O)[C@H](CC)N(Cc1cccc(OC)c1)C(=O)CN(c1cccc(C)c1)S(=O)(=O)c1ccccc1. The van der Waals surface area contributed by atoms with E-state index in [4.69, 9.17) is 4.74 Å². The van der Waals surface area contributed by atoms with Gasteiger partial charge < -0.3 is 15.0 Å². The van der Waals surface area contributed by atoms with E-state index in [1.807, 2.05) is 39.0 Å². The van der Waals surface area contributed by atoms with Gasteiger partial charge in [-0.15, -0.1) is 0 Å². The molecule has 1 atom stereocenters. The highest BCUT2D eigenvalue weighted by Gasteiger charge is 2.33. The zero-order chi connectivity index (χ0) is 29.1. The number of rotatable bonds is 14. The Hall–Kier alpha value is -3.85. The maximum Gasteiger partial charge on any atom is 0.264 e. The molecule has 0 aromatic heterocycles. The predicted molar refractivity (Wildman–Crippen MR) is 158 cm³/mol. The average molecular weight is 566 g/mol. The van der Waals surface area contributed by atoms with E-state index in [1.165, 1.54) is 17.0 Å². The van der Waals surface area contributed by atoms with E-state index in [0.29, 0.717) is 24.4 Å². The van der Waals surface area contributed by atoms with Crippen LogP contribution in [0, 0.1) is 6.92 Å². The summed E-state index contributed by atoms with van der Waals surface area (Å²) in [6, 6.07) is 21.6. The van der Waals surface area contributed by atoms with Crippen LogP contribution in [0.25, 0.3) is 0 Å². The molecule has 0 radical (unpaired) electrons. The topological polar surface area (TPSA) is 96.0 Å². The lowest BCUT2D eigenvalue weighted by Gasteiger charge is -2.33. The Bertz CT molecular complexity index is 1380. The Morgan fingerprint density at radius 3 is 2.33 bits per heavy atom. The van der Waals surface area contributed by atoms with Crippen molar-refractivity contribution in [3.8, 4) is 5.75 Å². The normalized spacial score (nSPS) is 11.9. The first-order chi connectivity index (χ1) is 19.2. The fraction of sp³-hybridized carbons (Fsp3) is 0.355. The second kappa shape index (κ2) is 14.5. The van der Waals surface area contributed by atoms with E-state index >= 15 is 0 Å². The monoisotopic (exact) mass is 565 g/mol. The third-order valence-corrected chi connectivity index (χ3v) is 8.39. The van der Waals surface area contributed by atoms with Crippen LogP contribution in [0.4, 0.5) is 5.69 Å². The first-order valence-electron chi connectivity index (χ1n) is 13.6. The standard InChI is InChI=1S/C31H39N3O5S/c1-5-7-19-32-31(36)29(6-2)33(22-25-14-12-16-27(21-25)39-4)30(35)23-34(26-15-11-13-24(3)20-26)40(37,38)28-17-9-8-10-18-28/h8-18,20-21,29H,5-7,19,22-23H2,1-4H3,(H,32,36)/t29-/m0/s1. The van der Waals surface area contributed by atoms with Crippen LogP contribution in [0.2, 0.25) is 0 Å². The molecule has 0 saturated carbocycles. The van der Waals surface area contributed by atoms with Gasteiger partial charge in [0, 0.05) is 13.1 Å². The van der Waals surface area contributed by atoms with Crippen LogP contribution >= 0.6 is 0 Å². The lowest BCUT2D eigenvalue weighted by Crippen LogP contribution is -2.52. The number of carbonyl (C=O) groups excluding carboxylic acids is 2. The molecule has 2 amide bonds. The van der Waals surface area contributed by atoms with E-state index in [0.717, 1.165) is 28.3 Å². The number of hydrogen-bond donors (Lipinski definition) is 1. The minimum absolute atomic E-state index is 0.0769.